The van der Waals surface area contributed by atoms with Crippen LogP contribution in [0.2, 0.25) is 5.02 Å². The second-order valence-corrected chi connectivity index (χ2v) is 6.92. The Balaban J connectivity index is 1.97. The molecule has 4 aromatic rings. The number of rotatable bonds is 3. The van der Waals surface area contributed by atoms with Crippen LogP contribution >= 0.6 is 27.5 Å². The van der Waals surface area contributed by atoms with Crippen LogP contribution in [0, 0.1) is 0 Å². The molecule has 0 saturated carbocycles. The topological polar surface area (TPSA) is 13.1 Å². The molecule has 0 aliphatic carbocycles. The fourth-order valence-corrected chi connectivity index (χ4v) is 3.70. The molecule has 0 atom stereocenters. The van der Waals surface area contributed by atoms with E-state index in [1.807, 2.05) is 60.7 Å². The lowest BCUT2D eigenvalue weighted by Crippen LogP contribution is -1.80. The maximum absolute atomic E-state index is 6.32. The quantitative estimate of drug-likeness (QED) is 0.338. The minimum atomic E-state index is 0.706. The summed E-state index contributed by atoms with van der Waals surface area (Å²) in [5.41, 5.74) is 4.19. The van der Waals surface area contributed by atoms with E-state index >= 15 is 0 Å². The Morgan fingerprint density at radius 2 is 1.12 bits per heavy atom. The van der Waals surface area contributed by atoms with Gasteiger partial charge >= 0.3 is 0 Å². The Labute approximate surface area is 160 Å². The first kappa shape index (κ1) is 16.2. The van der Waals surface area contributed by atoms with Crippen molar-refractivity contribution in [3.63, 3.8) is 0 Å². The molecular formula is C22H14BrClO. The van der Waals surface area contributed by atoms with E-state index in [1.165, 1.54) is 0 Å². The molecule has 0 saturated heterocycles. The lowest BCUT2D eigenvalue weighted by Gasteiger charge is -2.03. The van der Waals surface area contributed by atoms with Gasteiger partial charge in [0.2, 0.25) is 0 Å². The molecule has 1 aromatic heterocycles. The highest BCUT2D eigenvalue weighted by Crippen LogP contribution is 2.46. The van der Waals surface area contributed by atoms with Gasteiger partial charge in [-0.05, 0) is 45.8 Å². The van der Waals surface area contributed by atoms with E-state index in [0.29, 0.717) is 5.02 Å². The first-order valence-electron chi connectivity index (χ1n) is 7.93. The summed E-state index contributed by atoms with van der Waals surface area (Å²) >= 11 is 9.79. The molecule has 0 amide bonds. The fourth-order valence-electron chi connectivity index (χ4n) is 2.85. The van der Waals surface area contributed by atoms with Gasteiger partial charge in [-0.25, -0.2) is 0 Å². The maximum Gasteiger partial charge on any atom is 0.149 e. The summed E-state index contributed by atoms with van der Waals surface area (Å²) in [7, 11) is 0. The number of halogens is 2. The van der Waals surface area contributed by atoms with Crippen LogP contribution in [0.15, 0.2) is 93.8 Å². The molecule has 4 rings (SSSR count). The van der Waals surface area contributed by atoms with E-state index in [0.717, 1.165) is 38.2 Å². The fraction of sp³-hybridized carbons (Fsp3) is 0. The molecule has 3 aromatic carbocycles. The van der Waals surface area contributed by atoms with Crippen LogP contribution < -0.4 is 0 Å². The third-order valence-electron chi connectivity index (χ3n) is 4.05. The molecule has 0 aliphatic rings. The second-order valence-electron chi connectivity index (χ2n) is 5.69. The number of benzene rings is 3. The molecule has 0 fully saturated rings. The first-order valence-corrected chi connectivity index (χ1v) is 9.10. The molecule has 25 heavy (non-hydrogen) atoms. The molecule has 3 heteroatoms. The average molecular weight is 410 g/mol. The summed E-state index contributed by atoms with van der Waals surface area (Å²) < 4.78 is 7.27. The predicted octanol–water partition coefficient (Wildman–Crippen LogP) is 7.70. The zero-order chi connectivity index (χ0) is 17.2. The van der Waals surface area contributed by atoms with Crippen molar-refractivity contribution in [2.75, 3.05) is 0 Å². The van der Waals surface area contributed by atoms with Gasteiger partial charge in [-0.2, -0.15) is 0 Å². The number of hydrogen-bond donors (Lipinski definition) is 0. The van der Waals surface area contributed by atoms with Crippen LogP contribution in [0.25, 0.3) is 33.8 Å². The van der Waals surface area contributed by atoms with E-state index in [2.05, 4.69) is 40.2 Å². The summed E-state index contributed by atoms with van der Waals surface area (Å²) in [6, 6.07) is 28.1. The lowest BCUT2D eigenvalue weighted by molar-refractivity contribution is 0.597. The molecule has 0 aliphatic heterocycles. The molecule has 0 unspecified atom stereocenters. The summed E-state index contributed by atoms with van der Waals surface area (Å²) in [5.74, 6) is 1.65. The molecule has 0 N–H and O–H groups in total. The van der Waals surface area contributed by atoms with Crippen molar-refractivity contribution in [1.82, 2.24) is 0 Å². The van der Waals surface area contributed by atoms with Crippen molar-refractivity contribution >= 4 is 27.5 Å². The Morgan fingerprint density at radius 1 is 0.600 bits per heavy atom. The highest BCUT2D eigenvalue weighted by molar-refractivity contribution is 9.10. The summed E-state index contributed by atoms with van der Waals surface area (Å²) in [5, 5.41) is 0.706. The molecule has 122 valence electrons. The van der Waals surface area contributed by atoms with Crippen molar-refractivity contribution in [1.29, 1.82) is 0 Å². The van der Waals surface area contributed by atoms with E-state index in [1.54, 1.807) is 0 Å². The van der Waals surface area contributed by atoms with Crippen molar-refractivity contribution in [3.05, 3.63) is 94.4 Å². The van der Waals surface area contributed by atoms with Gasteiger partial charge in [-0.1, -0.05) is 72.3 Å². The summed E-state index contributed by atoms with van der Waals surface area (Å²) in [6.45, 7) is 0. The van der Waals surface area contributed by atoms with Crippen LogP contribution in [-0.4, -0.2) is 0 Å². The van der Waals surface area contributed by atoms with Crippen molar-refractivity contribution in [2.45, 2.75) is 0 Å². The van der Waals surface area contributed by atoms with E-state index in [4.69, 9.17) is 16.0 Å². The molecule has 0 radical (unpaired) electrons. The lowest BCUT2D eigenvalue weighted by atomic mass is 10.0. The molecular weight excluding hydrogens is 396 g/mol. The van der Waals surface area contributed by atoms with Crippen molar-refractivity contribution in [2.24, 2.45) is 0 Å². The molecule has 0 spiro atoms. The average Bonchev–Trinajstić information content (AvgIpc) is 3.01. The Hall–Kier alpha value is -2.29. The van der Waals surface area contributed by atoms with Gasteiger partial charge < -0.3 is 4.42 Å². The SMILES string of the molecule is Clc1ccc(-c2oc(-c3ccccc3)c(-c3ccccc3)c2Br)cc1. The maximum atomic E-state index is 6.32. The van der Waals surface area contributed by atoms with Gasteiger partial charge in [0, 0.05) is 21.7 Å². The highest BCUT2D eigenvalue weighted by atomic mass is 79.9. The zero-order valence-electron chi connectivity index (χ0n) is 13.2. The predicted molar refractivity (Wildman–Crippen MR) is 108 cm³/mol. The van der Waals surface area contributed by atoms with E-state index in [-0.39, 0.29) is 0 Å². The first-order chi connectivity index (χ1) is 12.2. The standard InChI is InChI=1S/C22H14BrClO/c23-20-19(15-7-3-1-4-8-15)21(16-9-5-2-6-10-16)25-22(20)17-11-13-18(24)14-12-17/h1-14H. The Kier molecular flexibility index (Phi) is 4.48. The Bertz CT molecular complexity index is 990. The third-order valence-corrected chi connectivity index (χ3v) is 5.06. The van der Waals surface area contributed by atoms with Gasteiger partial charge in [0.1, 0.15) is 11.5 Å². The van der Waals surface area contributed by atoms with E-state index in [9.17, 15) is 0 Å². The normalized spacial score (nSPS) is 10.8. The minimum absolute atomic E-state index is 0.706. The van der Waals surface area contributed by atoms with Gasteiger partial charge in [0.25, 0.3) is 0 Å². The molecule has 1 nitrogen and oxygen atoms in total. The summed E-state index contributed by atoms with van der Waals surface area (Å²) in [6.07, 6.45) is 0. The second kappa shape index (κ2) is 6.91. The largest absolute Gasteiger partial charge is 0.454 e. The Morgan fingerprint density at radius 3 is 1.72 bits per heavy atom. The van der Waals surface area contributed by atoms with Gasteiger partial charge in [-0.3, -0.25) is 0 Å². The van der Waals surface area contributed by atoms with Crippen molar-refractivity contribution in [3.8, 4) is 33.8 Å². The van der Waals surface area contributed by atoms with Crippen LogP contribution in [0.3, 0.4) is 0 Å². The van der Waals surface area contributed by atoms with Gasteiger partial charge in [0.05, 0.1) is 4.47 Å². The monoisotopic (exact) mass is 408 g/mol. The van der Waals surface area contributed by atoms with Gasteiger partial charge in [-0.15, -0.1) is 0 Å². The van der Waals surface area contributed by atoms with Crippen LogP contribution in [0.4, 0.5) is 0 Å². The van der Waals surface area contributed by atoms with Crippen LogP contribution in [0.1, 0.15) is 0 Å². The smallest absolute Gasteiger partial charge is 0.149 e. The summed E-state index contributed by atoms with van der Waals surface area (Å²) in [4.78, 5) is 0. The van der Waals surface area contributed by atoms with Gasteiger partial charge in [0.15, 0.2) is 0 Å². The van der Waals surface area contributed by atoms with Crippen molar-refractivity contribution < 1.29 is 4.42 Å². The minimum Gasteiger partial charge on any atom is -0.454 e. The zero-order valence-corrected chi connectivity index (χ0v) is 15.6. The third kappa shape index (κ3) is 3.15. The number of hydrogen-bond acceptors (Lipinski definition) is 1. The van der Waals surface area contributed by atoms with Crippen LogP contribution in [0.5, 0.6) is 0 Å². The number of furan rings is 1. The molecule has 0 bridgehead atoms. The molecule has 1 heterocycles. The van der Waals surface area contributed by atoms with E-state index < -0.39 is 0 Å². The highest BCUT2D eigenvalue weighted by Gasteiger charge is 2.22. The van der Waals surface area contributed by atoms with Crippen LogP contribution in [-0.2, 0) is 0 Å².